The molecule has 8 nitrogen and oxygen atoms in total. The largest absolute Gasteiger partial charge is 0.534 e. The Labute approximate surface area is 173 Å². The van der Waals surface area contributed by atoms with Crippen LogP contribution in [0.1, 0.15) is 45.4 Å². The summed E-state index contributed by atoms with van der Waals surface area (Å²) in [6.07, 6.45) is 10.6. The molecule has 0 aromatic carbocycles. The number of nitrogens with zero attached hydrogens (tertiary/aromatic N) is 1. The second kappa shape index (κ2) is 9.65. The van der Waals surface area contributed by atoms with Crippen molar-refractivity contribution in [3.63, 3.8) is 0 Å². The van der Waals surface area contributed by atoms with Crippen molar-refractivity contribution in [3.05, 3.63) is 12.2 Å². The number of hydroxylamine groups is 2. The average molecular weight is 430 g/mol. The zero-order valence-electron chi connectivity index (χ0n) is 17.6. The maximum Gasteiger partial charge on any atom is 0.534 e. The van der Waals surface area contributed by atoms with Crippen molar-refractivity contribution in [1.82, 2.24) is 5.06 Å². The normalized spacial score (nSPS) is 27.0. The fourth-order valence-corrected chi connectivity index (χ4v) is 3.65. The molecule has 0 aromatic rings. The lowest BCUT2D eigenvalue weighted by atomic mass is 9.79. The van der Waals surface area contributed by atoms with Crippen molar-refractivity contribution in [2.75, 3.05) is 31.1 Å². The van der Waals surface area contributed by atoms with Crippen LogP contribution in [0.4, 0.5) is 4.79 Å². The minimum Gasteiger partial charge on any atom is -0.464 e. The lowest BCUT2D eigenvalue weighted by Crippen LogP contribution is -2.35. The first kappa shape index (κ1) is 23.3. The summed E-state index contributed by atoms with van der Waals surface area (Å²) in [5, 5.41) is 0.452. The van der Waals surface area contributed by atoms with Crippen LogP contribution < -0.4 is 0 Å². The second-order valence-electron chi connectivity index (χ2n) is 8.58. The zero-order valence-corrected chi connectivity index (χ0v) is 18.4. The summed E-state index contributed by atoms with van der Waals surface area (Å²) < 4.78 is 10.8. The molecular weight excluding hydrogens is 398 g/mol. The highest BCUT2D eigenvalue weighted by Crippen LogP contribution is 2.36. The molecule has 2 rings (SSSR count). The summed E-state index contributed by atoms with van der Waals surface area (Å²) >= 11 is 0. The summed E-state index contributed by atoms with van der Waals surface area (Å²) in [7, 11) is -0.735. The highest BCUT2D eigenvalue weighted by Gasteiger charge is 2.37. The van der Waals surface area contributed by atoms with E-state index in [0.717, 1.165) is 5.75 Å². The van der Waals surface area contributed by atoms with E-state index in [-0.39, 0.29) is 18.8 Å². The molecule has 0 N–H and O–H groups in total. The molecule has 2 atom stereocenters. The van der Waals surface area contributed by atoms with Crippen LogP contribution in [0, 0.1) is 5.41 Å². The van der Waals surface area contributed by atoms with E-state index in [2.05, 4.69) is 18.8 Å². The molecule has 0 radical (unpaired) electrons. The van der Waals surface area contributed by atoms with E-state index >= 15 is 0 Å². The first-order valence-electron chi connectivity index (χ1n) is 9.74. The number of hydrogen-bond donors (Lipinski definition) is 0. The van der Waals surface area contributed by atoms with E-state index in [4.69, 9.17) is 14.3 Å². The molecule has 0 spiro atoms. The third-order valence-electron chi connectivity index (χ3n) is 5.03. The summed E-state index contributed by atoms with van der Waals surface area (Å²) in [4.78, 5) is 52.4. The third-order valence-corrected chi connectivity index (χ3v) is 6.43. The van der Waals surface area contributed by atoms with Gasteiger partial charge < -0.3 is 9.47 Å². The van der Waals surface area contributed by atoms with Crippen LogP contribution in [-0.4, -0.2) is 66.2 Å². The molecule has 164 valence electrons. The van der Waals surface area contributed by atoms with Crippen molar-refractivity contribution >= 4 is 34.0 Å². The van der Waals surface area contributed by atoms with Crippen LogP contribution in [0.2, 0.25) is 0 Å². The second-order valence-corrected chi connectivity index (χ2v) is 13.2. The van der Waals surface area contributed by atoms with Gasteiger partial charge in [-0.3, -0.25) is 19.2 Å². The summed E-state index contributed by atoms with van der Waals surface area (Å²) in [5.74, 6) is -0.494. The molecule has 1 aliphatic heterocycles. The Morgan fingerprint density at radius 3 is 2.45 bits per heavy atom. The number of rotatable bonds is 6. The van der Waals surface area contributed by atoms with Crippen LogP contribution in [0.15, 0.2) is 12.2 Å². The lowest BCUT2D eigenvalue weighted by Gasteiger charge is -2.31. The molecule has 0 aromatic heterocycles. The van der Waals surface area contributed by atoms with Crippen LogP contribution in [-0.2, 0) is 28.7 Å². The van der Waals surface area contributed by atoms with Gasteiger partial charge >= 0.3 is 12.1 Å². The molecule has 1 heterocycles. The average Bonchev–Trinajstić information content (AvgIpc) is 2.92. The Hall–Kier alpha value is -2.03. The monoisotopic (exact) mass is 429 g/mol. The molecule has 1 saturated heterocycles. The molecule has 9 heteroatoms. The van der Waals surface area contributed by atoms with Crippen LogP contribution >= 0.6 is 10.0 Å². The molecule has 0 bridgehead atoms. The van der Waals surface area contributed by atoms with Crippen LogP contribution in [0.25, 0.3) is 0 Å². The number of esters is 1. The number of hydrogen-bond acceptors (Lipinski definition) is 7. The van der Waals surface area contributed by atoms with E-state index in [1.165, 1.54) is 0 Å². The molecule has 29 heavy (non-hydrogen) atoms. The Morgan fingerprint density at radius 1 is 1.17 bits per heavy atom. The van der Waals surface area contributed by atoms with Crippen molar-refractivity contribution in [2.24, 2.45) is 5.41 Å². The van der Waals surface area contributed by atoms with E-state index in [0.29, 0.717) is 37.4 Å². The van der Waals surface area contributed by atoms with Gasteiger partial charge in [0.05, 0.1) is 12.0 Å². The highest BCUT2D eigenvalue weighted by molar-refractivity contribution is 8.32. The number of allylic oxidation sites excluding steroid dienone is 1. The Kier molecular flexibility index (Phi) is 7.73. The summed E-state index contributed by atoms with van der Waals surface area (Å²) in [6.45, 7) is 2.28. The standard InChI is InChI=1S/C20H31NO7S/c1-20(18(24)26-13-14-29(2,3)4)11-6-5-7-15(10-12-20)27-19(25)28-21-16(22)8-9-17(21)23/h5,7,15H,6,8-14H2,1-4H3/b7-5+/t15-,20+/m0/s1. The quantitative estimate of drug-likeness (QED) is 0.364. The number of imide groups is 1. The molecule has 2 amide bonds. The van der Waals surface area contributed by atoms with Gasteiger partial charge in [0.1, 0.15) is 6.10 Å². The van der Waals surface area contributed by atoms with Gasteiger partial charge in [0.25, 0.3) is 11.8 Å². The predicted molar refractivity (Wildman–Crippen MR) is 109 cm³/mol. The van der Waals surface area contributed by atoms with Crippen molar-refractivity contribution in [3.8, 4) is 0 Å². The van der Waals surface area contributed by atoms with Gasteiger partial charge in [-0.1, -0.05) is 11.1 Å². The van der Waals surface area contributed by atoms with E-state index in [1.807, 2.05) is 13.0 Å². The van der Waals surface area contributed by atoms with Gasteiger partial charge in [-0.2, -0.15) is 0 Å². The number of carbonyl (C=O) groups is 4. The molecule has 2 aliphatic rings. The van der Waals surface area contributed by atoms with Crippen LogP contribution in [0.5, 0.6) is 0 Å². The number of amides is 2. The highest BCUT2D eigenvalue weighted by atomic mass is 32.3. The van der Waals surface area contributed by atoms with Crippen LogP contribution in [0.3, 0.4) is 0 Å². The van der Waals surface area contributed by atoms with Gasteiger partial charge in [-0.25, -0.2) is 14.8 Å². The van der Waals surface area contributed by atoms with Gasteiger partial charge in [0.2, 0.25) is 0 Å². The minimum atomic E-state index is -1.11. The summed E-state index contributed by atoms with van der Waals surface area (Å²) in [5.41, 5.74) is -0.662. The van der Waals surface area contributed by atoms with Crippen molar-refractivity contribution in [2.45, 2.75) is 51.6 Å². The van der Waals surface area contributed by atoms with Crippen molar-refractivity contribution in [1.29, 1.82) is 0 Å². The van der Waals surface area contributed by atoms with Gasteiger partial charge in [-0.15, -0.1) is 0 Å². The van der Waals surface area contributed by atoms with Gasteiger partial charge in [0, 0.05) is 18.6 Å². The minimum absolute atomic E-state index is 0.0205. The fourth-order valence-electron chi connectivity index (χ4n) is 3.07. The van der Waals surface area contributed by atoms with E-state index < -0.39 is 39.5 Å². The lowest BCUT2D eigenvalue weighted by molar-refractivity contribution is -0.178. The van der Waals surface area contributed by atoms with E-state index in [1.54, 1.807) is 6.08 Å². The Balaban J connectivity index is 1.88. The topological polar surface area (TPSA) is 99.2 Å². The molecule has 1 aliphatic carbocycles. The molecule has 0 unspecified atom stereocenters. The Morgan fingerprint density at radius 2 is 1.83 bits per heavy atom. The smallest absolute Gasteiger partial charge is 0.464 e. The number of ether oxygens (including phenoxy) is 2. The molecule has 1 fully saturated rings. The number of carbonyl (C=O) groups excluding carboxylic acids is 4. The fraction of sp³-hybridized carbons (Fsp3) is 0.700. The maximum atomic E-state index is 12.7. The maximum absolute atomic E-state index is 12.7. The first-order valence-corrected chi connectivity index (χ1v) is 12.8. The zero-order chi connectivity index (χ0) is 21.7. The molecule has 0 saturated carbocycles. The van der Waals surface area contributed by atoms with Gasteiger partial charge in [0.15, 0.2) is 0 Å². The Bertz CT molecular complexity index is 669. The molecular formula is C20H31NO7S. The predicted octanol–water partition coefficient (Wildman–Crippen LogP) is 2.95. The SMILES string of the molecule is C[C@@]1(C(=O)OCCS(C)(C)C)CC/C=C/[C@H](OC(=O)ON2C(=O)CCC2=O)CC1. The summed E-state index contributed by atoms with van der Waals surface area (Å²) in [6, 6.07) is 0. The van der Waals surface area contributed by atoms with Gasteiger partial charge in [-0.05, 0) is 57.5 Å². The van der Waals surface area contributed by atoms with Crippen molar-refractivity contribution < 1.29 is 33.5 Å². The third kappa shape index (κ3) is 7.06. The first-order chi connectivity index (χ1) is 13.5. The van der Waals surface area contributed by atoms with E-state index in [9.17, 15) is 19.2 Å².